The number of carboxylic acids is 1. The average molecular weight is 337 g/mol. The van der Waals surface area contributed by atoms with Crippen LogP contribution >= 0.6 is 27.3 Å². The van der Waals surface area contributed by atoms with Crippen LogP contribution < -0.4 is 0 Å². The van der Waals surface area contributed by atoms with Crippen LogP contribution in [0.25, 0.3) is 16.2 Å². The molecule has 3 aromatic rings. The maximum Gasteiger partial charge on any atom is 0.347 e. The van der Waals surface area contributed by atoms with Crippen LogP contribution in [0.1, 0.15) is 15.4 Å². The fourth-order valence-corrected chi connectivity index (χ4v) is 3.38. The molecule has 1 N–H and O–H groups in total. The molecular formula is C13H9BrN2O2S. The number of carbonyl (C=O) groups is 1. The van der Waals surface area contributed by atoms with Crippen molar-refractivity contribution in [3.63, 3.8) is 0 Å². The minimum absolute atomic E-state index is 0.334. The highest BCUT2D eigenvalue weighted by molar-refractivity contribution is 9.10. The van der Waals surface area contributed by atoms with Crippen molar-refractivity contribution in [3.05, 3.63) is 45.5 Å². The summed E-state index contributed by atoms with van der Waals surface area (Å²) in [6, 6.07) is 7.82. The van der Waals surface area contributed by atoms with Gasteiger partial charge in [-0.15, -0.1) is 0 Å². The Hall–Kier alpha value is -1.66. The Morgan fingerprint density at radius 2 is 2.16 bits per heavy atom. The van der Waals surface area contributed by atoms with Gasteiger partial charge in [0.05, 0.1) is 5.69 Å². The molecule has 0 bridgehead atoms. The maximum absolute atomic E-state index is 11.1. The summed E-state index contributed by atoms with van der Waals surface area (Å²) in [6.45, 7) is 1.79. The highest BCUT2D eigenvalue weighted by Gasteiger charge is 2.17. The van der Waals surface area contributed by atoms with Crippen molar-refractivity contribution in [3.8, 4) is 11.3 Å². The number of fused-ring (bicyclic) bond motifs is 1. The van der Waals surface area contributed by atoms with Gasteiger partial charge in [-0.05, 0) is 13.0 Å². The number of halogens is 1. The molecule has 1 aromatic carbocycles. The molecule has 2 heterocycles. The van der Waals surface area contributed by atoms with E-state index in [2.05, 4.69) is 20.9 Å². The second-order valence-electron chi connectivity index (χ2n) is 4.08. The van der Waals surface area contributed by atoms with Gasteiger partial charge in [0.15, 0.2) is 4.96 Å². The molecule has 0 aliphatic carbocycles. The van der Waals surface area contributed by atoms with E-state index >= 15 is 0 Å². The van der Waals surface area contributed by atoms with Gasteiger partial charge in [0.2, 0.25) is 0 Å². The number of imidazole rings is 1. The number of carboxylic acid groups (broad SMARTS) is 1. The van der Waals surface area contributed by atoms with E-state index in [1.54, 1.807) is 6.92 Å². The van der Waals surface area contributed by atoms with E-state index in [9.17, 15) is 4.79 Å². The summed E-state index contributed by atoms with van der Waals surface area (Å²) < 4.78 is 2.79. The predicted octanol–water partition coefficient (Wildman–Crippen LogP) is 3.83. The highest BCUT2D eigenvalue weighted by Crippen LogP contribution is 2.30. The number of thiazole rings is 1. The van der Waals surface area contributed by atoms with Crippen LogP contribution in [0.3, 0.4) is 0 Å². The summed E-state index contributed by atoms with van der Waals surface area (Å²) in [4.78, 5) is 16.6. The molecule has 4 nitrogen and oxygen atoms in total. The van der Waals surface area contributed by atoms with Gasteiger partial charge in [0.1, 0.15) is 4.88 Å². The Kier molecular flexibility index (Phi) is 2.91. The topological polar surface area (TPSA) is 54.6 Å². The van der Waals surface area contributed by atoms with Crippen molar-refractivity contribution in [2.45, 2.75) is 6.92 Å². The first-order chi connectivity index (χ1) is 9.08. The predicted molar refractivity (Wildman–Crippen MR) is 77.9 cm³/mol. The van der Waals surface area contributed by atoms with Crippen molar-refractivity contribution in [1.82, 2.24) is 9.38 Å². The molecule has 0 aliphatic heterocycles. The van der Waals surface area contributed by atoms with E-state index in [0.717, 1.165) is 15.7 Å². The van der Waals surface area contributed by atoms with Gasteiger partial charge in [-0.25, -0.2) is 9.78 Å². The van der Waals surface area contributed by atoms with Crippen LogP contribution in [0.5, 0.6) is 0 Å². The average Bonchev–Trinajstić information content (AvgIpc) is 2.90. The van der Waals surface area contributed by atoms with Crippen molar-refractivity contribution in [1.29, 1.82) is 0 Å². The second kappa shape index (κ2) is 4.47. The largest absolute Gasteiger partial charge is 0.477 e. The molecule has 0 spiro atoms. The number of aryl methyl sites for hydroxylation is 1. The number of rotatable bonds is 2. The first-order valence-corrected chi connectivity index (χ1v) is 7.15. The number of hydrogen-bond acceptors (Lipinski definition) is 3. The fourth-order valence-electron chi connectivity index (χ4n) is 1.95. The van der Waals surface area contributed by atoms with Gasteiger partial charge >= 0.3 is 5.97 Å². The van der Waals surface area contributed by atoms with E-state index < -0.39 is 5.97 Å². The molecular weight excluding hydrogens is 328 g/mol. The van der Waals surface area contributed by atoms with Gasteiger partial charge in [-0.3, -0.25) is 4.40 Å². The second-order valence-corrected chi connectivity index (χ2v) is 5.91. The van der Waals surface area contributed by atoms with Crippen LogP contribution in [-0.4, -0.2) is 20.5 Å². The van der Waals surface area contributed by atoms with Crippen LogP contribution in [0.2, 0.25) is 0 Å². The van der Waals surface area contributed by atoms with E-state index in [4.69, 9.17) is 5.11 Å². The van der Waals surface area contributed by atoms with Crippen LogP contribution in [0.15, 0.2) is 34.9 Å². The quantitative estimate of drug-likeness (QED) is 0.773. The standard InChI is InChI=1S/C13H9BrN2O2S/c1-7-11(12(17)18)19-13-15-10(6-16(7)13)8-4-2-3-5-9(8)14/h2-6H,1H3,(H,17,18). The zero-order chi connectivity index (χ0) is 13.6. The molecule has 0 saturated carbocycles. The summed E-state index contributed by atoms with van der Waals surface area (Å²) in [5.74, 6) is -0.907. The minimum Gasteiger partial charge on any atom is -0.477 e. The normalized spacial score (nSPS) is 11.1. The Morgan fingerprint density at radius 1 is 1.42 bits per heavy atom. The van der Waals surface area contributed by atoms with Crippen LogP contribution in [0, 0.1) is 6.92 Å². The Morgan fingerprint density at radius 3 is 2.79 bits per heavy atom. The van der Waals surface area contributed by atoms with E-state index in [-0.39, 0.29) is 0 Å². The minimum atomic E-state index is -0.907. The lowest BCUT2D eigenvalue weighted by Gasteiger charge is -1.99. The van der Waals surface area contributed by atoms with E-state index in [1.165, 1.54) is 11.3 Å². The zero-order valence-electron chi connectivity index (χ0n) is 9.92. The molecule has 2 aromatic heterocycles. The van der Waals surface area contributed by atoms with Crippen molar-refractivity contribution in [2.24, 2.45) is 0 Å². The zero-order valence-corrected chi connectivity index (χ0v) is 12.3. The first kappa shape index (κ1) is 12.4. The first-order valence-electron chi connectivity index (χ1n) is 5.54. The molecule has 3 rings (SSSR count). The molecule has 0 amide bonds. The third-order valence-electron chi connectivity index (χ3n) is 2.90. The molecule has 0 unspecified atom stereocenters. The van der Waals surface area contributed by atoms with Gasteiger partial charge in [0, 0.05) is 21.9 Å². The van der Waals surface area contributed by atoms with Gasteiger partial charge in [-0.1, -0.05) is 45.5 Å². The molecule has 6 heteroatoms. The van der Waals surface area contributed by atoms with Crippen molar-refractivity contribution >= 4 is 38.2 Å². The third-order valence-corrected chi connectivity index (χ3v) is 4.74. The van der Waals surface area contributed by atoms with Gasteiger partial charge < -0.3 is 5.11 Å². The number of benzene rings is 1. The molecule has 0 saturated heterocycles. The maximum atomic E-state index is 11.1. The van der Waals surface area contributed by atoms with Gasteiger partial charge in [-0.2, -0.15) is 0 Å². The smallest absolute Gasteiger partial charge is 0.347 e. The van der Waals surface area contributed by atoms with Crippen LogP contribution in [-0.2, 0) is 0 Å². The van der Waals surface area contributed by atoms with E-state index in [0.29, 0.717) is 15.5 Å². The van der Waals surface area contributed by atoms with Crippen LogP contribution in [0.4, 0.5) is 0 Å². The number of aromatic carboxylic acids is 1. The number of hydrogen-bond donors (Lipinski definition) is 1. The Balaban J connectivity index is 2.19. The molecule has 0 aliphatic rings. The van der Waals surface area contributed by atoms with Crippen molar-refractivity contribution < 1.29 is 9.90 Å². The third kappa shape index (κ3) is 1.97. The fraction of sp³-hybridized carbons (Fsp3) is 0.0769. The van der Waals surface area contributed by atoms with Gasteiger partial charge in [0.25, 0.3) is 0 Å². The Bertz CT molecular complexity index is 791. The summed E-state index contributed by atoms with van der Waals surface area (Å²) in [5, 5.41) is 9.08. The van der Waals surface area contributed by atoms with Crippen molar-refractivity contribution in [2.75, 3.05) is 0 Å². The highest BCUT2D eigenvalue weighted by atomic mass is 79.9. The molecule has 0 fully saturated rings. The molecule has 96 valence electrons. The van der Waals surface area contributed by atoms with E-state index in [1.807, 2.05) is 34.9 Å². The summed E-state index contributed by atoms with van der Waals surface area (Å²) in [5.41, 5.74) is 2.53. The molecule has 0 atom stereocenters. The summed E-state index contributed by atoms with van der Waals surface area (Å²) >= 11 is 4.69. The lowest BCUT2D eigenvalue weighted by atomic mass is 10.2. The lowest BCUT2D eigenvalue weighted by Crippen LogP contribution is -1.96. The summed E-state index contributed by atoms with van der Waals surface area (Å²) in [6.07, 6.45) is 1.87. The number of aromatic nitrogens is 2. The summed E-state index contributed by atoms with van der Waals surface area (Å²) in [7, 11) is 0. The SMILES string of the molecule is Cc1c(C(=O)O)sc2nc(-c3ccccc3Br)cn12. The number of nitrogens with zero attached hydrogens (tertiary/aromatic N) is 2. The molecule has 0 radical (unpaired) electrons. The monoisotopic (exact) mass is 336 g/mol. The Labute approximate surface area is 121 Å². The lowest BCUT2D eigenvalue weighted by molar-refractivity contribution is 0.0701. The molecule has 19 heavy (non-hydrogen) atoms.